The molecule has 1 fully saturated rings. The molecule has 0 saturated carbocycles. The lowest BCUT2D eigenvalue weighted by Gasteiger charge is -2.31. The Morgan fingerprint density at radius 2 is 1.94 bits per heavy atom. The maximum atomic E-state index is 12.0. The Hall–Kier alpha value is -0.650. The number of likely N-dealkylation sites (N-methyl/N-ethyl adjacent to an activating group) is 1. The summed E-state index contributed by atoms with van der Waals surface area (Å²) in [7, 11) is 1.95. The summed E-state index contributed by atoms with van der Waals surface area (Å²) in [5.41, 5.74) is 0. The summed E-state index contributed by atoms with van der Waals surface area (Å²) < 4.78 is 0. The summed E-state index contributed by atoms with van der Waals surface area (Å²) in [4.78, 5) is 15.8. The van der Waals surface area contributed by atoms with Gasteiger partial charge in [0, 0.05) is 19.7 Å². The summed E-state index contributed by atoms with van der Waals surface area (Å²) in [6.45, 7) is 2.95. The zero-order chi connectivity index (χ0) is 13.4. The van der Waals surface area contributed by atoms with Gasteiger partial charge in [0.05, 0.1) is 12.6 Å². The van der Waals surface area contributed by atoms with Crippen LogP contribution >= 0.6 is 0 Å². The minimum Gasteiger partial charge on any atom is -0.396 e. The predicted octanol–water partition coefficient (Wildman–Crippen LogP) is 0.0641. The van der Waals surface area contributed by atoms with E-state index in [0.29, 0.717) is 32.5 Å². The molecule has 0 bridgehead atoms. The van der Waals surface area contributed by atoms with Crippen molar-refractivity contribution in [3.8, 4) is 0 Å². The van der Waals surface area contributed by atoms with Gasteiger partial charge >= 0.3 is 0 Å². The molecular weight excluding hydrogens is 232 g/mol. The van der Waals surface area contributed by atoms with Gasteiger partial charge < -0.3 is 15.1 Å². The Labute approximate surface area is 109 Å². The number of hydrogen-bond acceptors (Lipinski definition) is 4. The maximum Gasteiger partial charge on any atom is 0.236 e. The van der Waals surface area contributed by atoms with Crippen LogP contribution in [0.1, 0.15) is 32.1 Å². The number of rotatable bonds is 7. The van der Waals surface area contributed by atoms with Crippen molar-refractivity contribution < 1.29 is 15.0 Å². The van der Waals surface area contributed by atoms with Crippen molar-refractivity contribution in [1.29, 1.82) is 0 Å². The quantitative estimate of drug-likeness (QED) is 0.634. The van der Waals surface area contributed by atoms with Crippen LogP contribution in [0.2, 0.25) is 0 Å². The Balaban J connectivity index is 2.14. The first-order valence-electron chi connectivity index (χ1n) is 6.88. The zero-order valence-electron chi connectivity index (χ0n) is 11.3. The number of carbonyl (C=O) groups excluding carboxylic acids is 1. The van der Waals surface area contributed by atoms with Crippen LogP contribution in [-0.4, -0.2) is 71.9 Å². The number of aliphatic hydroxyl groups excluding tert-OH is 2. The zero-order valence-corrected chi connectivity index (χ0v) is 11.3. The van der Waals surface area contributed by atoms with E-state index in [9.17, 15) is 9.90 Å². The third-order valence-corrected chi connectivity index (χ3v) is 3.42. The SMILES string of the molecule is CN(CCCCCO)CC(=O)N1CCC(O)CC1. The van der Waals surface area contributed by atoms with Crippen LogP contribution in [0.5, 0.6) is 0 Å². The highest BCUT2D eigenvalue weighted by Gasteiger charge is 2.21. The van der Waals surface area contributed by atoms with E-state index in [2.05, 4.69) is 0 Å². The topological polar surface area (TPSA) is 64.0 Å². The summed E-state index contributed by atoms with van der Waals surface area (Å²) in [5.74, 6) is 0.159. The molecule has 1 rings (SSSR count). The summed E-state index contributed by atoms with van der Waals surface area (Å²) in [6.07, 6.45) is 4.03. The number of unbranched alkanes of at least 4 members (excludes halogenated alkanes) is 2. The molecule has 1 saturated heterocycles. The average molecular weight is 258 g/mol. The van der Waals surface area contributed by atoms with Crippen molar-refractivity contribution in [2.75, 3.05) is 39.8 Å². The van der Waals surface area contributed by atoms with Gasteiger partial charge in [-0.3, -0.25) is 9.69 Å². The third kappa shape index (κ3) is 5.80. The molecule has 106 valence electrons. The first kappa shape index (κ1) is 15.4. The Bertz CT molecular complexity index is 240. The van der Waals surface area contributed by atoms with Crippen molar-refractivity contribution >= 4 is 5.91 Å². The molecule has 0 radical (unpaired) electrons. The van der Waals surface area contributed by atoms with E-state index in [1.165, 1.54) is 0 Å². The Kier molecular flexibility index (Phi) is 7.23. The molecule has 0 atom stereocenters. The van der Waals surface area contributed by atoms with Crippen LogP contribution in [0.3, 0.4) is 0 Å². The monoisotopic (exact) mass is 258 g/mol. The maximum absolute atomic E-state index is 12.0. The first-order valence-corrected chi connectivity index (χ1v) is 6.88. The highest BCUT2D eigenvalue weighted by molar-refractivity contribution is 5.78. The largest absolute Gasteiger partial charge is 0.396 e. The molecule has 0 aromatic rings. The molecule has 0 aromatic carbocycles. The van der Waals surface area contributed by atoms with Gasteiger partial charge in [-0.25, -0.2) is 0 Å². The number of hydrogen-bond donors (Lipinski definition) is 2. The highest BCUT2D eigenvalue weighted by Crippen LogP contribution is 2.10. The summed E-state index contributed by atoms with van der Waals surface area (Å²) in [6, 6.07) is 0. The molecule has 1 amide bonds. The van der Waals surface area contributed by atoms with Crippen LogP contribution in [-0.2, 0) is 4.79 Å². The molecule has 1 aliphatic heterocycles. The van der Waals surface area contributed by atoms with Crippen LogP contribution in [0.4, 0.5) is 0 Å². The molecule has 18 heavy (non-hydrogen) atoms. The molecule has 0 aromatic heterocycles. The smallest absolute Gasteiger partial charge is 0.236 e. The van der Waals surface area contributed by atoms with Gasteiger partial charge in [-0.15, -0.1) is 0 Å². The molecular formula is C13H26N2O3. The lowest BCUT2D eigenvalue weighted by molar-refractivity contribution is -0.134. The molecule has 1 aliphatic rings. The van der Waals surface area contributed by atoms with Gasteiger partial charge in [0.25, 0.3) is 0 Å². The van der Waals surface area contributed by atoms with Crippen molar-refractivity contribution in [2.24, 2.45) is 0 Å². The molecule has 0 unspecified atom stereocenters. The molecule has 5 nitrogen and oxygen atoms in total. The summed E-state index contributed by atoms with van der Waals surface area (Å²) >= 11 is 0. The summed E-state index contributed by atoms with van der Waals surface area (Å²) in [5, 5.41) is 18.1. The van der Waals surface area contributed by atoms with Gasteiger partial charge in [0.2, 0.25) is 5.91 Å². The van der Waals surface area contributed by atoms with E-state index in [-0.39, 0.29) is 18.6 Å². The number of likely N-dealkylation sites (tertiary alicyclic amines) is 1. The van der Waals surface area contributed by atoms with Gasteiger partial charge in [0.15, 0.2) is 0 Å². The van der Waals surface area contributed by atoms with Crippen molar-refractivity contribution in [2.45, 2.75) is 38.2 Å². The second kappa shape index (κ2) is 8.45. The molecule has 1 heterocycles. The van der Waals surface area contributed by atoms with E-state index in [4.69, 9.17) is 5.11 Å². The normalized spacial score (nSPS) is 17.4. The number of carbonyl (C=O) groups is 1. The first-order chi connectivity index (χ1) is 8.63. The Morgan fingerprint density at radius 3 is 2.56 bits per heavy atom. The van der Waals surface area contributed by atoms with Crippen LogP contribution in [0.15, 0.2) is 0 Å². The predicted molar refractivity (Wildman–Crippen MR) is 70.3 cm³/mol. The van der Waals surface area contributed by atoms with Crippen LogP contribution in [0.25, 0.3) is 0 Å². The number of amides is 1. The van der Waals surface area contributed by atoms with Gasteiger partial charge in [0.1, 0.15) is 0 Å². The fourth-order valence-electron chi connectivity index (χ4n) is 2.20. The van der Waals surface area contributed by atoms with Crippen molar-refractivity contribution in [3.05, 3.63) is 0 Å². The molecule has 2 N–H and O–H groups in total. The minimum atomic E-state index is -0.231. The number of piperidine rings is 1. The van der Waals surface area contributed by atoms with Crippen molar-refractivity contribution in [1.82, 2.24) is 9.80 Å². The highest BCUT2D eigenvalue weighted by atomic mass is 16.3. The third-order valence-electron chi connectivity index (χ3n) is 3.42. The van der Waals surface area contributed by atoms with Gasteiger partial charge in [-0.1, -0.05) is 0 Å². The fourth-order valence-corrected chi connectivity index (χ4v) is 2.20. The minimum absolute atomic E-state index is 0.159. The number of aliphatic hydroxyl groups is 2. The lowest BCUT2D eigenvalue weighted by atomic mass is 10.1. The lowest BCUT2D eigenvalue weighted by Crippen LogP contribution is -2.44. The fraction of sp³-hybridized carbons (Fsp3) is 0.923. The van der Waals surface area contributed by atoms with E-state index >= 15 is 0 Å². The van der Waals surface area contributed by atoms with Crippen LogP contribution in [0, 0.1) is 0 Å². The average Bonchev–Trinajstić information content (AvgIpc) is 2.35. The van der Waals surface area contributed by atoms with Gasteiger partial charge in [-0.2, -0.15) is 0 Å². The number of nitrogens with zero attached hydrogens (tertiary/aromatic N) is 2. The second-order valence-electron chi connectivity index (χ2n) is 5.13. The van der Waals surface area contributed by atoms with E-state index in [1.54, 1.807) is 0 Å². The Morgan fingerprint density at radius 1 is 1.28 bits per heavy atom. The van der Waals surface area contributed by atoms with E-state index in [0.717, 1.165) is 25.8 Å². The van der Waals surface area contributed by atoms with Crippen LogP contribution < -0.4 is 0 Å². The molecule has 0 aliphatic carbocycles. The molecule has 0 spiro atoms. The van der Waals surface area contributed by atoms with E-state index < -0.39 is 0 Å². The molecule has 5 heteroatoms. The van der Waals surface area contributed by atoms with Gasteiger partial charge in [-0.05, 0) is 45.7 Å². The van der Waals surface area contributed by atoms with E-state index in [1.807, 2.05) is 16.8 Å². The van der Waals surface area contributed by atoms with Crippen molar-refractivity contribution in [3.63, 3.8) is 0 Å². The standard InChI is InChI=1S/C13H26N2O3/c1-14(7-3-2-4-10-16)11-13(18)15-8-5-12(17)6-9-15/h12,16-17H,2-11H2,1H3. The second-order valence-corrected chi connectivity index (χ2v) is 5.13.